The first-order chi connectivity index (χ1) is 17.3. The number of ether oxygens (including phenoxy) is 1. The Morgan fingerprint density at radius 2 is 0.743 bits per heavy atom. The molecule has 4 aromatic rings. The van der Waals surface area contributed by atoms with Gasteiger partial charge in [-0.3, -0.25) is 0 Å². The summed E-state index contributed by atoms with van der Waals surface area (Å²) in [4.78, 5) is 4.53. The summed E-state index contributed by atoms with van der Waals surface area (Å²) in [5.74, 6) is 0. The summed E-state index contributed by atoms with van der Waals surface area (Å²) in [6, 6.07) is 41.4. The number of nitrogens with zero attached hydrogens (tertiary/aromatic N) is 2. The summed E-state index contributed by atoms with van der Waals surface area (Å²) in [5, 5.41) is 0. The van der Waals surface area contributed by atoms with E-state index >= 15 is 0 Å². The van der Waals surface area contributed by atoms with Crippen LogP contribution < -0.4 is 9.80 Å². The Balaban J connectivity index is 1.53. The third kappa shape index (κ3) is 6.08. The second-order valence-electron chi connectivity index (χ2n) is 8.23. The van der Waals surface area contributed by atoms with Crippen LogP contribution in [-0.4, -0.2) is 25.3 Å². The van der Waals surface area contributed by atoms with Gasteiger partial charge in [0, 0.05) is 22.7 Å². The molecule has 4 rings (SSSR count). The van der Waals surface area contributed by atoms with E-state index in [9.17, 15) is 0 Å². The minimum absolute atomic E-state index is 0.0350. The van der Waals surface area contributed by atoms with Gasteiger partial charge in [-0.15, -0.1) is 13.2 Å². The molecule has 3 heteroatoms. The zero-order valence-electron chi connectivity index (χ0n) is 20.0. The van der Waals surface area contributed by atoms with Crippen molar-refractivity contribution in [3.05, 3.63) is 147 Å². The maximum Gasteiger partial charge on any atom is 0.0753 e. The van der Waals surface area contributed by atoms with Crippen LogP contribution in [0.3, 0.4) is 0 Å². The van der Waals surface area contributed by atoms with Crippen molar-refractivity contribution < 1.29 is 4.74 Å². The number of anilines is 4. The van der Waals surface area contributed by atoms with Crippen LogP contribution in [0, 0.1) is 0 Å². The Labute approximate surface area is 209 Å². The van der Waals surface area contributed by atoms with Gasteiger partial charge in [0.2, 0.25) is 0 Å². The monoisotopic (exact) mass is 460 g/mol. The fraction of sp³-hybridized carbons (Fsp3) is 0.125. The minimum atomic E-state index is -0.0350. The molecule has 0 amide bonds. The van der Waals surface area contributed by atoms with Crippen LogP contribution in [0.25, 0.3) is 0 Å². The van der Waals surface area contributed by atoms with Gasteiger partial charge in [0.25, 0.3) is 0 Å². The van der Waals surface area contributed by atoms with E-state index in [1.165, 1.54) is 0 Å². The van der Waals surface area contributed by atoms with Gasteiger partial charge in [0.1, 0.15) is 0 Å². The van der Waals surface area contributed by atoms with Gasteiger partial charge in [-0.1, -0.05) is 84.9 Å². The number of rotatable bonds is 12. The SMILES string of the molecule is C=CC(COCC(C=C)N(c1ccccc1)c1ccccc1)N(c1ccccc1)c1ccccc1. The van der Waals surface area contributed by atoms with Crippen LogP contribution in [0.2, 0.25) is 0 Å². The Morgan fingerprint density at radius 1 is 0.486 bits per heavy atom. The Morgan fingerprint density at radius 3 is 0.971 bits per heavy atom. The highest BCUT2D eigenvalue weighted by atomic mass is 16.5. The molecule has 0 spiro atoms. The van der Waals surface area contributed by atoms with Crippen LogP contribution in [0.5, 0.6) is 0 Å². The predicted molar refractivity (Wildman–Crippen MR) is 149 cm³/mol. The van der Waals surface area contributed by atoms with Gasteiger partial charge in [-0.2, -0.15) is 0 Å². The van der Waals surface area contributed by atoms with Crippen molar-refractivity contribution in [2.24, 2.45) is 0 Å². The third-order valence-corrected chi connectivity index (χ3v) is 5.92. The van der Waals surface area contributed by atoms with Gasteiger partial charge in [-0.25, -0.2) is 0 Å². The molecule has 0 saturated heterocycles. The second kappa shape index (κ2) is 12.4. The summed E-state index contributed by atoms with van der Waals surface area (Å²) in [6.07, 6.45) is 3.91. The van der Waals surface area contributed by atoms with E-state index in [-0.39, 0.29) is 12.1 Å². The minimum Gasteiger partial charge on any atom is -0.376 e. The predicted octanol–water partition coefficient (Wildman–Crippen LogP) is 7.79. The first-order valence-electron chi connectivity index (χ1n) is 11.9. The number of hydrogen-bond donors (Lipinski definition) is 0. The number of para-hydroxylation sites is 4. The summed E-state index contributed by atoms with van der Waals surface area (Å²) in [6.45, 7) is 9.25. The third-order valence-electron chi connectivity index (χ3n) is 5.92. The molecule has 0 fully saturated rings. The maximum atomic E-state index is 6.36. The normalized spacial score (nSPS) is 12.3. The van der Waals surface area contributed by atoms with E-state index in [4.69, 9.17) is 4.74 Å². The molecular formula is C32H32N2O. The largest absolute Gasteiger partial charge is 0.376 e. The standard InChI is InChI=1S/C32H32N2O/c1-3-27(33(29-17-9-5-10-18-29)30-19-11-6-12-20-30)25-35-26-28(4-2)34(31-21-13-7-14-22-31)32-23-15-8-16-24-32/h3-24,27-28H,1-2,25-26H2. The zero-order valence-corrected chi connectivity index (χ0v) is 20.0. The lowest BCUT2D eigenvalue weighted by molar-refractivity contribution is 0.125. The molecule has 0 aromatic heterocycles. The van der Waals surface area contributed by atoms with Gasteiger partial charge in [-0.05, 0) is 48.5 Å². The van der Waals surface area contributed by atoms with Crippen molar-refractivity contribution in [1.29, 1.82) is 0 Å². The molecule has 0 bridgehead atoms. The molecule has 0 aliphatic carbocycles. The highest BCUT2D eigenvalue weighted by Crippen LogP contribution is 2.30. The van der Waals surface area contributed by atoms with E-state index < -0.39 is 0 Å². The fourth-order valence-corrected chi connectivity index (χ4v) is 4.22. The fourth-order valence-electron chi connectivity index (χ4n) is 4.22. The molecule has 0 aliphatic rings. The number of hydrogen-bond acceptors (Lipinski definition) is 3. The molecule has 0 radical (unpaired) electrons. The van der Waals surface area contributed by atoms with Crippen LogP contribution >= 0.6 is 0 Å². The van der Waals surface area contributed by atoms with Gasteiger partial charge in [0.05, 0.1) is 25.3 Å². The van der Waals surface area contributed by atoms with Gasteiger partial charge in [0.15, 0.2) is 0 Å². The van der Waals surface area contributed by atoms with Gasteiger partial charge >= 0.3 is 0 Å². The maximum absolute atomic E-state index is 6.36. The lowest BCUT2D eigenvalue weighted by Crippen LogP contribution is -2.37. The van der Waals surface area contributed by atoms with Crippen LogP contribution in [0.1, 0.15) is 0 Å². The Hall–Kier alpha value is -4.08. The van der Waals surface area contributed by atoms with Crippen molar-refractivity contribution in [1.82, 2.24) is 0 Å². The molecule has 2 unspecified atom stereocenters. The first-order valence-corrected chi connectivity index (χ1v) is 11.9. The Kier molecular flexibility index (Phi) is 8.52. The van der Waals surface area contributed by atoms with Crippen molar-refractivity contribution >= 4 is 22.7 Å². The molecule has 0 heterocycles. The number of benzene rings is 4. The van der Waals surface area contributed by atoms with E-state index in [1.807, 2.05) is 36.4 Å². The molecule has 176 valence electrons. The molecule has 0 saturated carbocycles. The lowest BCUT2D eigenvalue weighted by Gasteiger charge is -2.34. The van der Waals surface area contributed by atoms with Crippen molar-refractivity contribution in [3.63, 3.8) is 0 Å². The van der Waals surface area contributed by atoms with Crippen molar-refractivity contribution in [3.8, 4) is 0 Å². The van der Waals surface area contributed by atoms with E-state index in [1.54, 1.807) is 0 Å². The molecule has 2 atom stereocenters. The molecule has 0 aliphatic heterocycles. The van der Waals surface area contributed by atoms with Crippen molar-refractivity contribution in [2.45, 2.75) is 12.1 Å². The molecule has 3 nitrogen and oxygen atoms in total. The average Bonchev–Trinajstić information content (AvgIpc) is 2.94. The quantitative estimate of drug-likeness (QED) is 0.201. The molecule has 4 aromatic carbocycles. The highest BCUT2D eigenvalue weighted by molar-refractivity contribution is 5.66. The second-order valence-corrected chi connectivity index (χ2v) is 8.23. The summed E-state index contributed by atoms with van der Waals surface area (Å²) >= 11 is 0. The van der Waals surface area contributed by atoms with Crippen LogP contribution in [0.4, 0.5) is 22.7 Å². The van der Waals surface area contributed by atoms with Gasteiger partial charge < -0.3 is 14.5 Å². The molecule has 0 N–H and O–H groups in total. The van der Waals surface area contributed by atoms with Crippen molar-refractivity contribution in [2.75, 3.05) is 23.0 Å². The van der Waals surface area contributed by atoms with Crippen LogP contribution in [-0.2, 0) is 4.74 Å². The summed E-state index contributed by atoms with van der Waals surface area (Å²) in [5.41, 5.74) is 4.40. The average molecular weight is 461 g/mol. The highest BCUT2D eigenvalue weighted by Gasteiger charge is 2.21. The first kappa shape index (κ1) is 24.1. The summed E-state index contributed by atoms with van der Waals surface area (Å²) < 4.78 is 6.36. The van der Waals surface area contributed by atoms with E-state index in [0.717, 1.165) is 22.7 Å². The lowest BCUT2D eigenvalue weighted by atomic mass is 10.1. The van der Waals surface area contributed by atoms with Crippen LogP contribution in [0.15, 0.2) is 147 Å². The topological polar surface area (TPSA) is 15.7 Å². The van der Waals surface area contributed by atoms with E-state index in [0.29, 0.717) is 13.2 Å². The smallest absolute Gasteiger partial charge is 0.0753 e. The van der Waals surface area contributed by atoms with E-state index in [2.05, 4.69) is 120 Å². The molecule has 35 heavy (non-hydrogen) atoms. The Bertz CT molecular complexity index is 989. The molecular weight excluding hydrogens is 428 g/mol. The zero-order chi connectivity index (χ0) is 24.3. The summed E-state index contributed by atoms with van der Waals surface area (Å²) in [7, 11) is 0.